The normalized spacial score (nSPS) is 12.3. The number of imidazole rings is 1. The van der Waals surface area contributed by atoms with Gasteiger partial charge in [0.2, 0.25) is 0 Å². The molecule has 2 aromatic rings. The van der Waals surface area contributed by atoms with Crippen LogP contribution in [0.4, 0.5) is 13.2 Å². The summed E-state index contributed by atoms with van der Waals surface area (Å²) in [5.41, 5.74) is -0.0133. The summed E-state index contributed by atoms with van der Waals surface area (Å²) in [6, 6.07) is 0.819. The third kappa shape index (κ3) is 2.10. The minimum atomic E-state index is -4.48. The van der Waals surface area contributed by atoms with Gasteiger partial charge in [0.25, 0.3) is 0 Å². The molecule has 3 nitrogen and oxygen atoms in total. The fourth-order valence-electron chi connectivity index (χ4n) is 1.66. The molecule has 2 rings (SSSR count). The lowest BCUT2D eigenvalue weighted by atomic mass is 10.2. The van der Waals surface area contributed by atoms with E-state index in [0.717, 1.165) is 12.3 Å². The van der Waals surface area contributed by atoms with E-state index in [9.17, 15) is 18.0 Å². The second kappa shape index (κ2) is 4.12. The predicted molar refractivity (Wildman–Crippen MR) is 59.7 cm³/mol. The van der Waals surface area contributed by atoms with Crippen molar-refractivity contribution >= 4 is 11.9 Å². The standard InChI is InChI=1S/C12H11F3N2O/c1-7(2)10-5-17-4-9(12(13,14)15)3-8(6-18)11(17)16-10/h3-7H,1-2H3. The molecular weight excluding hydrogens is 245 g/mol. The van der Waals surface area contributed by atoms with E-state index in [-0.39, 0.29) is 17.1 Å². The van der Waals surface area contributed by atoms with Gasteiger partial charge in [-0.2, -0.15) is 13.2 Å². The molecular formula is C12H11F3N2O. The van der Waals surface area contributed by atoms with Gasteiger partial charge in [0.05, 0.1) is 16.8 Å². The lowest BCUT2D eigenvalue weighted by Gasteiger charge is -2.07. The van der Waals surface area contributed by atoms with Crippen LogP contribution in [-0.4, -0.2) is 15.7 Å². The first-order valence-corrected chi connectivity index (χ1v) is 5.38. The molecule has 0 saturated carbocycles. The van der Waals surface area contributed by atoms with Crippen LogP contribution in [0.3, 0.4) is 0 Å². The Morgan fingerprint density at radius 2 is 2.00 bits per heavy atom. The van der Waals surface area contributed by atoms with Crippen molar-refractivity contribution in [3.63, 3.8) is 0 Å². The van der Waals surface area contributed by atoms with Crippen LogP contribution in [0.15, 0.2) is 18.5 Å². The van der Waals surface area contributed by atoms with Crippen LogP contribution in [0.25, 0.3) is 5.65 Å². The molecule has 0 aromatic carbocycles. The largest absolute Gasteiger partial charge is 0.417 e. The number of fused-ring (bicyclic) bond motifs is 1. The summed E-state index contributed by atoms with van der Waals surface area (Å²) in [4.78, 5) is 15.0. The Kier molecular flexibility index (Phi) is 2.88. The lowest BCUT2D eigenvalue weighted by Crippen LogP contribution is -2.07. The van der Waals surface area contributed by atoms with Crippen LogP contribution in [0.2, 0.25) is 0 Å². The van der Waals surface area contributed by atoms with Crippen molar-refractivity contribution in [2.24, 2.45) is 0 Å². The van der Waals surface area contributed by atoms with Crippen LogP contribution >= 0.6 is 0 Å². The molecule has 0 radical (unpaired) electrons. The number of aromatic nitrogens is 2. The third-order valence-electron chi connectivity index (χ3n) is 2.64. The first-order chi connectivity index (χ1) is 8.32. The Labute approximate surface area is 101 Å². The van der Waals surface area contributed by atoms with Gasteiger partial charge in [-0.1, -0.05) is 13.8 Å². The summed E-state index contributed by atoms with van der Waals surface area (Å²) in [5, 5.41) is 0. The maximum absolute atomic E-state index is 12.6. The highest BCUT2D eigenvalue weighted by molar-refractivity contribution is 5.84. The van der Waals surface area contributed by atoms with Gasteiger partial charge in [-0.25, -0.2) is 4.98 Å². The summed E-state index contributed by atoms with van der Waals surface area (Å²) in [7, 11) is 0. The van der Waals surface area contributed by atoms with E-state index < -0.39 is 11.7 Å². The fraction of sp³-hybridized carbons (Fsp3) is 0.333. The molecule has 0 fully saturated rings. The maximum atomic E-state index is 12.6. The zero-order valence-electron chi connectivity index (χ0n) is 9.82. The Hall–Kier alpha value is -1.85. The molecule has 2 heterocycles. The summed E-state index contributed by atoms with van der Waals surface area (Å²) in [6.45, 7) is 3.76. The van der Waals surface area contributed by atoms with Gasteiger partial charge in [-0.15, -0.1) is 0 Å². The minimum absolute atomic E-state index is 0.0586. The average Bonchev–Trinajstić information content (AvgIpc) is 2.70. The van der Waals surface area contributed by atoms with Crippen LogP contribution < -0.4 is 0 Å². The Morgan fingerprint density at radius 1 is 1.33 bits per heavy atom. The zero-order valence-corrected chi connectivity index (χ0v) is 9.82. The molecule has 0 aliphatic rings. The molecule has 0 spiro atoms. The van der Waals surface area contributed by atoms with E-state index >= 15 is 0 Å². The van der Waals surface area contributed by atoms with Gasteiger partial charge >= 0.3 is 6.18 Å². The molecule has 0 aliphatic carbocycles. The molecule has 18 heavy (non-hydrogen) atoms. The quantitative estimate of drug-likeness (QED) is 0.773. The van der Waals surface area contributed by atoms with E-state index in [1.54, 1.807) is 0 Å². The molecule has 0 unspecified atom stereocenters. The van der Waals surface area contributed by atoms with Crippen molar-refractivity contribution in [2.45, 2.75) is 25.9 Å². The Morgan fingerprint density at radius 3 is 2.50 bits per heavy atom. The van der Waals surface area contributed by atoms with E-state index in [4.69, 9.17) is 0 Å². The van der Waals surface area contributed by atoms with Crippen molar-refractivity contribution < 1.29 is 18.0 Å². The number of hydrogen-bond acceptors (Lipinski definition) is 2. The van der Waals surface area contributed by atoms with Crippen molar-refractivity contribution in [3.8, 4) is 0 Å². The maximum Gasteiger partial charge on any atom is 0.417 e. The fourth-order valence-corrected chi connectivity index (χ4v) is 1.66. The minimum Gasteiger partial charge on any atom is -0.306 e. The molecule has 0 saturated heterocycles. The first-order valence-electron chi connectivity index (χ1n) is 5.38. The number of halogens is 3. The number of hydrogen-bond donors (Lipinski definition) is 0. The van der Waals surface area contributed by atoms with Crippen molar-refractivity contribution in [3.05, 3.63) is 35.3 Å². The first kappa shape index (κ1) is 12.6. The second-order valence-electron chi connectivity index (χ2n) is 4.35. The van der Waals surface area contributed by atoms with Gasteiger partial charge in [-0.3, -0.25) is 4.79 Å². The van der Waals surface area contributed by atoms with Crippen LogP contribution in [0.5, 0.6) is 0 Å². The van der Waals surface area contributed by atoms with Gasteiger partial charge in [-0.05, 0) is 12.0 Å². The summed E-state index contributed by atoms with van der Waals surface area (Å²) in [6.07, 6.45) is -1.63. The van der Waals surface area contributed by atoms with E-state index in [1.807, 2.05) is 13.8 Å². The Bertz CT molecular complexity index is 599. The predicted octanol–water partition coefficient (Wildman–Crippen LogP) is 3.29. The van der Waals surface area contributed by atoms with Crippen LogP contribution in [-0.2, 0) is 6.18 Å². The average molecular weight is 256 g/mol. The SMILES string of the molecule is CC(C)c1cn2cc(C(F)(F)F)cc(C=O)c2n1. The van der Waals surface area contributed by atoms with E-state index in [0.29, 0.717) is 12.0 Å². The highest BCUT2D eigenvalue weighted by Crippen LogP contribution is 2.30. The van der Waals surface area contributed by atoms with Crippen molar-refractivity contribution in [2.75, 3.05) is 0 Å². The summed E-state index contributed by atoms with van der Waals surface area (Å²) in [5.74, 6) is 0.0822. The van der Waals surface area contributed by atoms with Crippen molar-refractivity contribution in [1.82, 2.24) is 9.38 Å². The number of pyridine rings is 1. The smallest absolute Gasteiger partial charge is 0.306 e. The second-order valence-corrected chi connectivity index (χ2v) is 4.35. The lowest BCUT2D eigenvalue weighted by molar-refractivity contribution is -0.137. The molecule has 0 atom stereocenters. The number of alkyl halides is 3. The molecule has 0 N–H and O–H groups in total. The highest BCUT2D eigenvalue weighted by atomic mass is 19.4. The molecule has 0 bridgehead atoms. The molecule has 6 heteroatoms. The van der Waals surface area contributed by atoms with Crippen molar-refractivity contribution in [1.29, 1.82) is 0 Å². The number of carbonyl (C=O) groups excluding carboxylic acids is 1. The van der Waals surface area contributed by atoms with Gasteiger partial charge in [0, 0.05) is 12.4 Å². The molecule has 0 amide bonds. The van der Waals surface area contributed by atoms with E-state index in [2.05, 4.69) is 4.98 Å². The number of nitrogens with zero attached hydrogens (tertiary/aromatic N) is 2. The van der Waals surface area contributed by atoms with Gasteiger partial charge in [0.15, 0.2) is 6.29 Å². The Balaban J connectivity index is 2.72. The molecule has 96 valence electrons. The topological polar surface area (TPSA) is 34.4 Å². The number of carbonyl (C=O) groups is 1. The highest BCUT2D eigenvalue weighted by Gasteiger charge is 2.32. The number of aldehydes is 1. The zero-order chi connectivity index (χ0) is 13.5. The number of rotatable bonds is 2. The van der Waals surface area contributed by atoms with E-state index in [1.165, 1.54) is 10.6 Å². The van der Waals surface area contributed by atoms with Gasteiger partial charge < -0.3 is 4.40 Å². The molecule has 2 aromatic heterocycles. The summed E-state index contributed by atoms with van der Waals surface area (Å²) >= 11 is 0. The molecule has 0 aliphatic heterocycles. The van der Waals surface area contributed by atoms with Gasteiger partial charge in [0.1, 0.15) is 5.65 Å². The monoisotopic (exact) mass is 256 g/mol. The van der Waals surface area contributed by atoms with Crippen LogP contribution in [0, 0.1) is 0 Å². The third-order valence-corrected chi connectivity index (χ3v) is 2.64. The summed E-state index contributed by atoms with van der Waals surface area (Å²) < 4.78 is 39.2. The van der Waals surface area contributed by atoms with Crippen LogP contribution in [0.1, 0.15) is 41.4 Å².